The van der Waals surface area contributed by atoms with Gasteiger partial charge in [-0.2, -0.15) is 0 Å². The molecule has 2 aromatic rings. The van der Waals surface area contributed by atoms with Crippen LogP contribution in [0, 0.1) is 11.7 Å². The molecule has 2 atom stereocenters. The molecule has 0 fully saturated rings. The van der Waals surface area contributed by atoms with E-state index in [9.17, 15) is 9.50 Å². The van der Waals surface area contributed by atoms with Crippen LogP contribution >= 0.6 is 15.9 Å². The Morgan fingerprint density at radius 2 is 1.95 bits per heavy atom. The van der Waals surface area contributed by atoms with E-state index in [1.54, 1.807) is 0 Å². The van der Waals surface area contributed by atoms with Gasteiger partial charge in [0.25, 0.3) is 0 Å². The molecule has 21 heavy (non-hydrogen) atoms. The highest BCUT2D eigenvalue weighted by molar-refractivity contribution is 9.10. The molecule has 2 aromatic carbocycles. The molecule has 0 saturated heterocycles. The maximum atomic E-state index is 13.4. The van der Waals surface area contributed by atoms with E-state index < -0.39 is 6.10 Å². The van der Waals surface area contributed by atoms with Crippen molar-refractivity contribution in [3.05, 3.63) is 69.4 Å². The summed E-state index contributed by atoms with van der Waals surface area (Å²) in [6.07, 6.45) is 3.00. The molecule has 0 bridgehead atoms. The molecule has 1 aliphatic rings. The number of benzene rings is 2. The third kappa shape index (κ3) is 3.53. The first-order valence-corrected chi connectivity index (χ1v) is 8.11. The van der Waals surface area contributed by atoms with E-state index in [4.69, 9.17) is 0 Å². The lowest BCUT2D eigenvalue weighted by Crippen LogP contribution is -2.28. The Kier molecular flexibility index (Phi) is 4.41. The normalized spacial score (nSPS) is 19.1. The third-order valence-electron chi connectivity index (χ3n) is 4.30. The van der Waals surface area contributed by atoms with Crippen LogP contribution in [0.25, 0.3) is 0 Å². The van der Waals surface area contributed by atoms with E-state index in [1.165, 1.54) is 23.3 Å². The van der Waals surface area contributed by atoms with E-state index in [1.807, 2.05) is 6.07 Å². The van der Waals surface area contributed by atoms with Crippen LogP contribution in [0.4, 0.5) is 4.39 Å². The zero-order valence-corrected chi connectivity index (χ0v) is 13.3. The number of fused-ring (bicyclic) bond motifs is 1. The highest BCUT2D eigenvalue weighted by Gasteiger charge is 2.25. The fourth-order valence-corrected chi connectivity index (χ4v) is 3.70. The first-order chi connectivity index (χ1) is 10.1. The maximum Gasteiger partial charge on any atom is 0.124 e. The number of halogens is 2. The van der Waals surface area contributed by atoms with Crippen LogP contribution in [-0.4, -0.2) is 11.2 Å². The second-order valence-electron chi connectivity index (χ2n) is 5.82. The standard InChI is InChI=1S/C18H18BrFO/c19-16-7-12(8-17(20)11-16)9-18(21)15-6-5-13-3-1-2-4-14(13)10-15/h1-4,7-8,11,15,18,21H,5-6,9-10H2. The van der Waals surface area contributed by atoms with Gasteiger partial charge in [-0.3, -0.25) is 0 Å². The molecule has 1 N–H and O–H groups in total. The highest BCUT2D eigenvalue weighted by atomic mass is 79.9. The number of hydrogen-bond acceptors (Lipinski definition) is 1. The van der Waals surface area contributed by atoms with Gasteiger partial charge in [-0.1, -0.05) is 40.2 Å². The van der Waals surface area contributed by atoms with E-state index in [-0.39, 0.29) is 11.7 Å². The lowest BCUT2D eigenvalue weighted by atomic mass is 9.79. The van der Waals surface area contributed by atoms with Crippen LogP contribution < -0.4 is 0 Å². The SMILES string of the molecule is OC(Cc1cc(F)cc(Br)c1)C1CCc2ccccc2C1. The topological polar surface area (TPSA) is 20.2 Å². The lowest BCUT2D eigenvalue weighted by Gasteiger charge is -2.28. The van der Waals surface area contributed by atoms with Gasteiger partial charge in [0.1, 0.15) is 5.82 Å². The fraction of sp³-hybridized carbons (Fsp3) is 0.333. The predicted molar refractivity (Wildman–Crippen MR) is 85.8 cm³/mol. The van der Waals surface area contributed by atoms with Crippen molar-refractivity contribution in [2.75, 3.05) is 0 Å². The smallest absolute Gasteiger partial charge is 0.124 e. The summed E-state index contributed by atoms with van der Waals surface area (Å²) in [5.74, 6) is -0.0116. The van der Waals surface area contributed by atoms with Crippen LogP contribution in [0.15, 0.2) is 46.9 Å². The molecule has 110 valence electrons. The van der Waals surface area contributed by atoms with Crippen LogP contribution in [0.3, 0.4) is 0 Å². The van der Waals surface area contributed by atoms with E-state index >= 15 is 0 Å². The van der Waals surface area contributed by atoms with Gasteiger partial charge in [-0.05, 0) is 66.5 Å². The number of aliphatic hydroxyl groups is 1. The molecule has 2 unspecified atom stereocenters. The van der Waals surface area contributed by atoms with Gasteiger partial charge in [0.2, 0.25) is 0 Å². The average Bonchev–Trinajstić information content (AvgIpc) is 2.45. The first kappa shape index (κ1) is 14.7. The van der Waals surface area contributed by atoms with Crippen molar-refractivity contribution in [1.29, 1.82) is 0 Å². The van der Waals surface area contributed by atoms with Crippen LogP contribution in [0.2, 0.25) is 0 Å². The zero-order chi connectivity index (χ0) is 14.8. The molecule has 0 aliphatic heterocycles. The van der Waals surface area contributed by atoms with Crippen LogP contribution in [0.5, 0.6) is 0 Å². The Morgan fingerprint density at radius 3 is 2.71 bits per heavy atom. The molecule has 0 aromatic heterocycles. The molecule has 0 saturated carbocycles. The van der Waals surface area contributed by atoms with Crippen LogP contribution in [-0.2, 0) is 19.3 Å². The summed E-state index contributed by atoms with van der Waals surface area (Å²) in [6, 6.07) is 13.3. The Bertz CT molecular complexity index is 621. The number of aryl methyl sites for hydroxylation is 1. The summed E-state index contributed by atoms with van der Waals surface area (Å²) in [5, 5.41) is 10.5. The Hall–Kier alpha value is -1.19. The van der Waals surface area contributed by atoms with Crippen molar-refractivity contribution in [2.24, 2.45) is 5.92 Å². The summed E-state index contributed by atoms with van der Waals surface area (Å²) in [6.45, 7) is 0. The second kappa shape index (κ2) is 6.29. The van der Waals surface area contributed by atoms with E-state index in [0.29, 0.717) is 6.42 Å². The third-order valence-corrected chi connectivity index (χ3v) is 4.75. The summed E-state index contributed by atoms with van der Waals surface area (Å²) in [4.78, 5) is 0. The van der Waals surface area contributed by atoms with Gasteiger partial charge in [-0.25, -0.2) is 4.39 Å². The van der Waals surface area contributed by atoms with Gasteiger partial charge in [0, 0.05) is 4.47 Å². The lowest BCUT2D eigenvalue weighted by molar-refractivity contribution is 0.0992. The Morgan fingerprint density at radius 1 is 1.19 bits per heavy atom. The molecule has 0 radical (unpaired) electrons. The molecule has 1 aliphatic carbocycles. The molecule has 0 amide bonds. The Balaban J connectivity index is 1.70. The maximum absolute atomic E-state index is 13.4. The van der Waals surface area contributed by atoms with Gasteiger partial charge >= 0.3 is 0 Å². The van der Waals surface area contributed by atoms with Crippen molar-refractivity contribution in [2.45, 2.75) is 31.8 Å². The molecule has 0 spiro atoms. The summed E-state index contributed by atoms with van der Waals surface area (Å²) < 4.78 is 14.1. The number of aliphatic hydroxyl groups excluding tert-OH is 1. The minimum absolute atomic E-state index is 0.252. The molecular formula is C18H18BrFO. The van der Waals surface area contributed by atoms with Crippen molar-refractivity contribution >= 4 is 15.9 Å². The number of hydrogen-bond donors (Lipinski definition) is 1. The zero-order valence-electron chi connectivity index (χ0n) is 11.7. The van der Waals surface area contributed by atoms with Crippen molar-refractivity contribution in [1.82, 2.24) is 0 Å². The monoisotopic (exact) mass is 348 g/mol. The van der Waals surface area contributed by atoms with Crippen molar-refractivity contribution in [3.8, 4) is 0 Å². The predicted octanol–water partition coefficient (Wildman–Crippen LogP) is 4.30. The summed E-state index contributed by atoms with van der Waals surface area (Å²) >= 11 is 3.30. The highest BCUT2D eigenvalue weighted by Crippen LogP contribution is 2.29. The van der Waals surface area contributed by atoms with Gasteiger partial charge in [0.05, 0.1) is 6.10 Å². The fourth-order valence-electron chi connectivity index (χ4n) is 3.19. The molecule has 3 rings (SSSR count). The molecule has 0 heterocycles. The first-order valence-electron chi connectivity index (χ1n) is 7.31. The largest absolute Gasteiger partial charge is 0.392 e. The Labute approximate surface area is 132 Å². The minimum Gasteiger partial charge on any atom is -0.392 e. The summed E-state index contributed by atoms with van der Waals surface area (Å²) in [7, 11) is 0. The molecule has 1 nitrogen and oxygen atoms in total. The minimum atomic E-state index is -0.424. The van der Waals surface area contributed by atoms with Crippen molar-refractivity contribution in [3.63, 3.8) is 0 Å². The van der Waals surface area contributed by atoms with Crippen LogP contribution in [0.1, 0.15) is 23.1 Å². The molecular weight excluding hydrogens is 331 g/mol. The van der Waals surface area contributed by atoms with Crippen molar-refractivity contribution < 1.29 is 9.50 Å². The van der Waals surface area contributed by atoms with Gasteiger partial charge < -0.3 is 5.11 Å². The van der Waals surface area contributed by atoms with Gasteiger partial charge in [-0.15, -0.1) is 0 Å². The second-order valence-corrected chi connectivity index (χ2v) is 6.74. The van der Waals surface area contributed by atoms with E-state index in [2.05, 4.69) is 40.2 Å². The molecule has 3 heteroatoms. The average molecular weight is 349 g/mol. The van der Waals surface area contributed by atoms with Gasteiger partial charge in [0.15, 0.2) is 0 Å². The van der Waals surface area contributed by atoms with E-state index in [0.717, 1.165) is 29.3 Å². The quantitative estimate of drug-likeness (QED) is 0.876. The summed E-state index contributed by atoms with van der Waals surface area (Å²) in [5.41, 5.74) is 3.58. The number of rotatable bonds is 3.